The fourth-order valence-electron chi connectivity index (χ4n) is 1.81. The number of hydrogen-bond donors (Lipinski definition) is 0. The van der Waals surface area contributed by atoms with Crippen molar-refractivity contribution in [2.45, 2.75) is 35.2 Å². The van der Waals surface area contributed by atoms with Crippen molar-refractivity contribution < 1.29 is 9.53 Å². The molecule has 2 rings (SSSR count). The molecule has 1 saturated heterocycles. The van der Waals surface area contributed by atoms with Crippen LogP contribution in [0.4, 0.5) is 0 Å². The monoisotopic (exact) mass is 394 g/mol. The van der Waals surface area contributed by atoms with Gasteiger partial charge in [0.25, 0.3) is 0 Å². The number of Topliss-reactive ketones (excluding diaryl/α,β-unsaturated/α-hetero) is 1. The molecule has 5 heteroatoms. The minimum Gasteiger partial charge on any atom is -0.358 e. The Labute approximate surface area is 128 Å². The van der Waals surface area contributed by atoms with Crippen molar-refractivity contribution >= 4 is 49.2 Å². The van der Waals surface area contributed by atoms with E-state index < -0.39 is 5.60 Å². The molecule has 1 aromatic rings. The molecule has 1 fully saturated rings. The zero-order valence-corrected chi connectivity index (χ0v) is 13.9. The van der Waals surface area contributed by atoms with E-state index in [2.05, 4.69) is 31.9 Å². The highest BCUT2D eigenvalue weighted by Crippen LogP contribution is 2.42. The molecule has 0 spiro atoms. The second-order valence-corrected chi connectivity index (χ2v) is 7.00. The number of epoxide rings is 1. The van der Waals surface area contributed by atoms with E-state index in [4.69, 9.17) is 16.3 Å². The van der Waals surface area contributed by atoms with Crippen molar-refractivity contribution in [2.24, 2.45) is 0 Å². The SMILES string of the molecule is C[C@@H]1O[C@@]1(C)C(=O)[C@H](Br)[C@@H](Br)c1ccc(Cl)cc1. The van der Waals surface area contributed by atoms with Gasteiger partial charge in [-0.25, -0.2) is 0 Å². The lowest BCUT2D eigenvalue weighted by molar-refractivity contribution is -0.122. The van der Waals surface area contributed by atoms with Crippen molar-refractivity contribution in [3.63, 3.8) is 0 Å². The Balaban J connectivity index is 2.11. The van der Waals surface area contributed by atoms with Gasteiger partial charge < -0.3 is 4.74 Å². The largest absolute Gasteiger partial charge is 0.358 e. The molecule has 18 heavy (non-hydrogen) atoms. The summed E-state index contributed by atoms with van der Waals surface area (Å²) in [5.74, 6) is 0.0619. The maximum Gasteiger partial charge on any atom is 0.182 e. The van der Waals surface area contributed by atoms with Crippen molar-refractivity contribution in [2.75, 3.05) is 0 Å². The van der Waals surface area contributed by atoms with Gasteiger partial charge in [0.2, 0.25) is 0 Å². The summed E-state index contributed by atoms with van der Waals surface area (Å²) in [6.45, 7) is 3.74. The Morgan fingerprint density at radius 2 is 1.89 bits per heavy atom. The van der Waals surface area contributed by atoms with Gasteiger partial charge in [-0.05, 0) is 31.5 Å². The Hall–Kier alpha value is 0.1000. The van der Waals surface area contributed by atoms with Crippen LogP contribution in [0.2, 0.25) is 5.02 Å². The number of alkyl halides is 2. The molecular weight excluding hydrogens is 383 g/mol. The first-order valence-corrected chi connectivity index (χ1v) is 7.83. The van der Waals surface area contributed by atoms with Crippen LogP contribution >= 0.6 is 43.5 Å². The molecule has 0 aliphatic carbocycles. The zero-order chi connectivity index (χ0) is 13.5. The topological polar surface area (TPSA) is 29.6 Å². The average Bonchev–Trinajstić information content (AvgIpc) is 2.97. The number of hydrogen-bond acceptors (Lipinski definition) is 2. The van der Waals surface area contributed by atoms with E-state index in [1.165, 1.54) is 0 Å². The van der Waals surface area contributed by atoms with Crippen LogP contribution in [0.1, 0.15) is 24.2 Å². The third kappa shape index (κ3) is 2.67. The van der Waals surface area contributed by atoms with E-state index in [0.29, 0.717) is 5.02 Å². The molecule has 1 aliphatic rings. The summed E-state index contributed by atoms with van der Waals surface area (Å²) in [4.78, 5) is 11.9. The van der Waals surface area contributed by atoms with Crippen molar-refractivity contribution in [3.8, 4) is 0 Å². The lowest BCUT2D eigenvalue weighted by Gasteiger charge is -2.18. The fourth-order valence-corrected chi connectivity index (χ4v) is 3.24. The quantitative estimate of drug-likeness (QED) is 0.561. The molecule has 0 saturated carbocycles. The Morgan fingerprint density at radius 1 is 1.39 bits per heavy atom. The van der Waals surface area contributed by atoms with E-state index in [0.717, 1.165) is 5.56 Å². The highest BCUT2D eigenvalue weighted by atomic mass is 79.9. The lowest BCUT2D eigenvalue weighted by Crippen LogP contribution is -2.33. The number of rotatable bonds is 4. The van der Waals surface area contributed by atoms with E-state index in [9.17, 15) is 4.79 Å². The van der Waals surface area contributed by atoms with E-state index in [-0.39, 0.29) is 21.5 Å². The summed E-state index contributed by atoms with van der Waals surface area (Å²) < 4.78 is 5.37. The molecular formula is C13H13Br2ClO2. The van der Waals surface area contributed by atoms with Gasteiger partial charge in [-0.3, -0.25) is 4.79 Å². The number of ether oxygens (including phenoxy) is 1. The summed E-state index contributed by atoms with van der Waals surface area (Å²) in [5.41, 5.74) is 0.360. The minimum absolute atomic E-state index is 0.00466. The lowest BCUT2D eigenvalue weighted by atomic mass is 9.97. The third-order valence-corrected chi connectivity index (χ3v) is 6.29. The van der Waals surface area contributed by atoms with Crippen LogP contribution in [0.5, 0.6) is 0 Å². The summed E-state index contributed by atoms with van der Waals surface area (Å²) in [6, 6.07) is 7.44. The maximum atomic E-state index is 12.3. The number of halogens is 3. The van der Waals surface area contributed by atoms with Crippen LogP contribution in [0.3, 0.4) is 0 Å². The van der Waals surface area contributed by atoms with Gasteiger partial charge in [-0.15, -0.1) is 0 Å². The number of ketones is 1. The van der Waals surface area contributed by atoms with Crippen molar-refractivity contribution in [3.05, 3.63) is 34.9 Å². The predicted molar refractivity (Wildman–Crippen MR) is 79.8 cm³/mol. The van der Waals surface area contributed by atoms with Crippen LogP contribution in [-0.4, -0.2) is 22.3 Å². The smallest absolute Gasteiger partial charge is 0.182 e. The van der Waals surface area contributed by atoms with Crippen molar-refractivity contribution in [1.29, 1.82) is 0 Å². The molecule has 1 aromatic carbocycles. The average molecular weight is 397 g/mol. The Kier molecular flexibility index (Phi) is 4.22. The van der Waals surface area contributed by atoms with E-state index >= 15 is 0 Å². The molecule has 0 radical (unpaired) electrons. The van der Waals surface area contributed by atoms with Crippen LogP contribution in [0, 0.1) is 0 Å². The van der Waals surface area contributed by atoms with Gasteiger partial charge in [-0.2, -0.15) is 0 Å². The summed E-state index contributed by atoms with van der Waals surface area (Å²) >= 11 is 12.9. The third-order valence-electron chi connectivity index (χ3n) is 3.33. The first kappa shape index (κ1) is 14.5. The fraction of sp³-hybridized carbons (Fsp3) is 0.462. The van der Waals surface area contributed by atoms with Crippen LogP contribution in [-0.2, 0) is 9.53 Å². The summed E-state index contributed by atoms with van der Waals surface area (Å²) in [7, 11) is 0. The number of benzene rings is 1. The summed E-state index contributed by atoms with van der Waals surface area (Å²) in [5, 5.41) is 0.682. The standard InChI is InChI=1S/C13H13Br2ClO2/c1-7-13(2,18-7)12(17)11(15)10(14)8-3-5-9(16)6-4-8/h3-7,10-11H,1-2H3/t7-,10-,11+,13+/m0/s1. The number of carbonyl (C=O) groups is 1. The molecule has 1 aliphatic heterocycles. The van der Waals surface area contributed by atoms with Gasteiger partial charge in [0, 0.05) is 5.02 Å². The molecule has 2 nitrogen and oxygen atoms in total. The predicted octanol–water partition coefficient (Wildman–Crippen LogP) is 4.29. The second-order valence-electron chi connectivity index (χ2n) is 4.59. The van der Waals surface area contributed by atoms with Crippen molar-refractivity contribution in [1.82, 2.24) is 0 Å². The molecule has 4 atom stereocenters. The minimum atomic E-state index is -0.646. The first-order chi connectivity index (χ1) is 8.36. The zero-order valence-electron chi connectivity index (χ0n) is 9.99. The van der Waals surface area contributed by atoms with Crippen LogP contribution in [0.15, 0.2) is 24.3 Å². The Bertz CT molecular complexity index is 463. The number of carbonyl (C=O) groups excluding carboxylic acids is 1. The molecule has 0 aromatic heterocycles. The van der Waals surface area contributed by atoms with Gasteiger partial charge in [0.1, 0.15) is 0 Å². The van der Waals surface area contributed by atoms with Gasteiger partial charge >= 0.3 is 0 Å². The molecule has 98 valence electrons. The van der Waals surface area contributed by atoms with Crippen LogP contribution in [0.25, 0.3) is 0 Å². The van der Waals surface area contributed by atoms with Crippen LogP contribution < -0.4 is 0 Å². The molecule has 0 N–H and O–H groups in total. The molecule has 1 heterocycles. The second kappa shape index (κ2) is 5.23. The first-order valence-electron chi connectivity index (χ1n) is 5.62. The molecule has 0 unspecified atom stereocenters. The van der Waals surface area contributed by atoms with Gasteiger partial charge in [0.05, 0.1) is 15.8 Å². The van der Waals surface area contributed by atoms with Gasteiger partial charge in [-0.1, -0.05) is 55.6 Å². The molecule has 0 bridgehead atoms. The Morgan fingerprint density at radius 3 is 2.33 bits per heavy atom. The summed E-state index contributed by atoms with van der Waals surface area (Å²) in [6.07, 6.45) is -0.00466. The molecule has 0 amide bonds. The van der Waals surface area contributed by atoms with E-state index in [1.54, 1.807) is 0 Å². The maximum absolute atomic E-state index is 12.3. The van der Waals surface area contributed by atoms with Gasteiger partial charge in [0.15, 0.2) is 11.4 Å². The van der Waals surface area contributed by atoms with E-state index in [1.807, 2.05) is 38.1 Å². The highest BCUT2D eigenvalue weighted by Gasteiger charge is 2.57. The normalized spacial score (nSPS) is 29.7. The highest BCUT2D eigenvalue weighted by molar-refractivity contribution is 9.12.